The van der Waals surface area contributed by atoms with Gasteiger partial charge < -0.3 is 15.7 Å². The molecule has 0 spiro atoms. The summed E-state index contributed by atoms with van der Waals surface area (Å²) in [6.07, 6.45) is 4.20. The minimum Gasteiger partial charge on any atom is -0.396 e. The van der Waals surface area contributed by atoms with Gasteiger partial charge in [0.25, 0.3) is 0 Å². The number of nitrogens with zero attached hydrogens (tertiary/aromatic N) is 2. The summed E-state index contributed by atoms with van der Waals surface area (Å²) in [5.41, 5.74) is 0. The van der Waals surface area contributed by atoms with E-state index in [-0.39, 0.29) is 6.61 Å². The van der Waals surface area contributed by atoms with E-state index in [0.29, 0.717) is 12.0 Å². The van der Waals surface area contributed by atoms with Crippen LogP contribution in [0.25, 0.3) is 0 Å². The number of nitrogens with one attached hydrogen (secondary N) is 2. The molecular weight excluding hydrogens is 240 g/mol. The van der Waals surface area contributed by atoms with Crippen molar-refractivity contribution in [2.45, 2.75) is 45.6 Å². The molecule has 0 bridgehead atoms. The molecule has 1 saturated carbocycles. The third kappa shape index (κ3) is 3.56. The van der Waals surface area contributed by atoms with Crippen LogP contribution in [0.2, 0.25) is 0 Å². The molecule has 1 aromatic heterocycles. The number of aliphatic hydroxyl groups excluding tert-OH is 1. The van der Waals surface area contributed by atoms with Gasteiger partial charge in [-0.05, 0) is 19.8 Å². The predicted molar refractivity (Wildman–Crippen MR) is 77.4 cm³/mol. The normalized spacial score (nSPS) is 22.5. The first-order chi connectivity index (χ1) is 9.26. The average molecular weight is 264 g/mol. The first-order valence-electron chi connectivity index (χ1n) is 7.26. The van der Waals surface area contributed by atoms with Gasteiger partial charge in [0.1, 0.15) is 17.5 Å². The Labute approximate surface area is 114 Å². The minimum absolute atomic E-state index is 0.253. The van der Waals surface area contributed by atoms with Crippen molar-refractivity contribution in [3.05, 3.63) is 11.9 Å². The van der Waals surface area contributed by atoms with Crippen molar-refractivity contribution in [1.82, 2.24) is 9.97 Å². The van der Waals surface area contributed by atoms with E-state index < -0.39 is 0 Å². The van der Waals surface area contributed by atoms with Crippen LogP contribution in [0.1, 0.15) is 38.9 Å². The summed E-state index contributed by atoms with van der Waals surface area (Å²) < 4.78 is 0. The molecule has 1 aliphatic carbocycles. The number of rotatable bonds is 6. The molecule has 3 N–H and O–H groups in total. The fourth-order valence-electron chi connectivity index (χ4n) is 2.64. The highest BCUT2D eigenvalue weighted by Crippen LogP contribution is 2.28. The maximum atomic E-state index is 9.37. The Hall–Kier alpha value is -1.36. The second-order valence-electron chi connectivity index (χ2n) is 5.06. The van der Waals surface area contributed by atoms with E-state index in [1.165, 1.54) is 6.42 Å². The number of hydrogen-bond donors (Lipinski definition) is 3. The van der Waals surface area contributed by atoms with Crippen molar-refractivity contribution in [2.75, 3.05) is 23.8 Å². The molecule has 106 valence electrons. The minimum atomic E-state index is 0.253. The van der Waals surface area contributed by atoms with Gasteiger partial charge in [0.05, 0.1) is 0 Å². The van der Waals surface area contributed by atoms with Gasteiger partial charge in [-0.2, -0.15) is 0 Å². The Bertz CT molecular complexity index is 410. The molecule has 0 saturated heterocycles. The van der Waals surface area contributed by atoms with Crippen LogP contribution < -0.4 is 10.6 Å². The molecule has 1 fully saturated rings. The van der Waals surface area contributed by atoms with Crippen molar-refractivity contribution >= 4 is 11.6 Å². The van der Waals surface area contributed by atoms with E-state index in [9.17, 15) is 5.11 Å². The topological polar surface area (TPSA) is 70.1 Å². The Kier molecular flexibility index (Phi) is 4.96. The Morgan fingerprint density at radius 1 is 1.26 bits per heavy atom. The van der Waals surface area contributed by atoms with Gasteiger partial charge in [0, 0.05) is 37.6 Å². The van der Waals surface area contributed by atoms with Crippen molar-refractivity contribution < 1.29 is 5.11 Å². The molecule has 19 heavy (non-hydrogen) atoms. The first-order valence-corrected chi connectivity index (χ1v) is 7.26. The standard InChI is InChI=1S/C14H24N4O/c1-3-12-17-13(15-4-2)8-14(18-12)16-11-7-5-6-10(11)9-19/h8,10-11,19H,3-7,9H2,1-2H3,(H2,15,16,17,18). The molecule has 0 amide bonds. The van der Waals surface area contributed by atoms with Gasteiger partial charge in [-0.25, -0.2) is 9.97 Å². The largest absolute Gasteiger partial charge is 0.396 e. The molecule has 2 unspecified atom stereocenters. The van der Waals surface area contributed by atoms with Crippen molar-refractivity contribution in [3.63, 3.8) is 0 Å². The van der Waals surface area contributed by atoms with Crippen LogP contribution in [-0.2, 0) is 6.42 Å². The van der Waals surface area contributed by atoms with Crippen molar-refractivity contribution in [2.24, 2.45) is 5.92 Å². The molecular formula is C14H24N4O. The van der Waals surface area contributed by atoms with Crippen molar-refractivity contribution in [1.29, 1.82) is 0 Å². The van der Waals surface area contributed by atoms with Gasteiger partial charge in [0.15, 0.2) is 0 Å². The smallest absolute Gasteiger partial charge is 0.132 e. The highest BCUT2D eigenvalue weighted by molar-refractivity contribution is 5.48. The highest BCUT2D eigenvalue weighted by Gasteiger charge is 2.26. The van der Waals surface area contributed by atoms with Crippen molar-refractivity contribution in [3.8, 4) is 0 Å². The lowest BCUT2D eigenvalue weighted by Gasteiger charge is -2.20. The molecule has 0 aromatic carbocycles. The molecule has 0 aliphatic heterocycles. The Balaban J connectivity index is 2.12. The van der Waals surface area contributed by atoms with E-state index in [2.05, 4.69) is 34.4 Å². The lowest BCUT2D eigenvalue weighted by Crippen LogP contribution is -2.27. The number of aliphatic hydroxyl groups is 1. The van der Waals surface area contributed by atoms with Crippen LogP contribution in [-0.4, -0.2) is 34.3 Å². The van der Waals surface area contributed by atoms with E-state index in [4.69, 9.17) is 0 Å². The van der Waals surface area contributed by atoms with Crippen LogP contribution in [0.4, 0.5) is 11.6 Å². The fourth-order valence-corrected chi connectivity index (χ4v) is 2.64. The summed E-state index contributed by atoms with van der Waals surface area (Å²) in [4.78, 5) is 8.97. The quantitative estimate of drug-likeness (QED) is 0.733. The number of aryl methyl sites for hydroxylation is 1. The third-order valence-corrected chi connectivity index (χ3v) is 3.67. The summed E-state index contributed by atoms with van der Waals surface area (Å²) in [6.45, 7) is 5.21. The second-order valence-corrected chi connectivity index (χ2v) is 5.06. The number of hydrogen-bond acceptors (Lipinski definition) is 5. The summed E-state index contributed by atoms with van der Waals surface area (Å²) in [5, 5.41) is 16.1. The van der Waals surface area contributed by atoms with Gasteiger partial charge in [0.2, 0.25) is 0 Å². The summed E-state index contributed by atoms with van der Waals surface area (Å²) in [5.74, 6) is 2.94. The van der Waals surface area contributed by atoms with E-state index in [1.807, 2.05) is 6.07 Å². The SMILES string of the molecule is CCNc1cc(NC2CCCC2CO)nc(CC)n1. The highest BCUT2D eigenvalue weighted by atomic mass is 16.3. The summed E-state index contributed by atoms with van der Waals surface area (Å²) >= 11 is 0. The van der Waals surface area contributed by atoms with E-state index >= 15 is 0 Å². The van der Waals surface area contributed by atoms with Crippen LogP contribution >= 0.6 is 0 Å². The molecule has 1 aliphatic rings. The van der Waals surface area contributed by atoms with Gasteiger partial charge in [-0.1, -0.05) is 13.3 Å². The lowest BCUT2D eigenvalue weighted by atomic mass is 10.1. The molecule has 5 nitrogen and oxygen atoms in total. The molecule has 0 radical (unpaired) electrons. The van der Waals surface area contributed by atoms with Crippen LogP contribution in [0, 0.1) is 5.92 Å². The maximum Gasteiger partial charge on any atom is 0.132 e. The Morgan fingerprint density at radius 3 is 2.74 bits per heavy atom. The van der Waals surface area contributed by atoms with Gasteiger partial charge >= 0.3 is 0 Å². The van der Waals surface area contributed by atoms with Crippen LogP contribution in [0.15, 0.2) is 6.07 Å². The van der Waals surface area contributed by atoms with E-state index in [0.717, 1.165) is 43.3 Å². The third-order valence-electron chi connectivity index (χ3n) is 3.67. The molecule has 2 rings (SSSR count). The number of anilines is 2. The van der Waals surface area contributed by atoms with Gasteiger partial charge in [-0.3, -0.25) is 0 Å². The predicted octanol–water partition coefficient (Wildman–Crippen LogP) is 2.04. The molecule has 1 heterocycles. The van der Waals surface area contributed by atoms with Gasteiger partial charge in [-0.15, -0.1) is 0 Å². The zero-order valence-electron chi connectivity index (χ0n) is 11.8. The van der Waals surface area contributed by atoms with Crippen LogP contribution in [0.3, 0.4) is 0 Å². The zero-order chi connectivity index (χ0) is 13.7. The average Bonchev–Trinajstić information content (AvgIpc) is 2.86. The molecule has 2 atom stereocenters. The molecule has 5 heteroatoms. The Morgan fingerprint density at radius 2 is 2.05 bits per heavy atom. The van der Waals surface area contributed by atoms with E-state index in [1.54, 1.807) is 0 Å². The fraction of sp³-hybridized carbons (Fsp3) is 0.714. The summed E-state index contributed by atoms with van der Waals surface area (Å²) in [7, 11) is 0. The molecule has 1 aromatic rings. The van der Waals surface area contributed by atoms with Crippen LogP contribution in [0.5, 0.6) is 0 Å². The lowest BCUT2D eigenvalue weighted by molar-refractivity contribution is 0.222. The maximum absolute atomic E-state index is 9.37. The second kappa shape index (κ2) is 6.70. The monoisotopic (exact) mass is 264 g/mol. The summed E-state index contributed by atoms with van der Waals surface area (Å²) in [6, 6.07) is 2.29. The number of aromatic nitrogens is 2. The first kappa shape index (κ1) is 14.1. The zero-order valence-corrected chi connectivity index (χ0v) is 11.8.